The normalized spacial score (nSPS) is 17.4. The monoisotopic (exact) mass is 164 g/mol. The molecule has 1 aliphatic carbocycles. The van der Waals surface area contributed by atoms with Crippen LogP contribution in [0.25, 0.3) is 0 Å². The highest BCUT2D eigenvalue weighted by Crippen LogP contribution is 2.17. The molecule has 66 valence electrons. The van der Waals surface area contributed by atoms with Crippen LogP contribution in [-0.2, 0) is 4.74 Å². The first-order valence-corrected chi connectivity index (χ1v) is 4.41. The third-order valence-corrected chi connectivity index (χ3v) is 1.95. The SMILES string of the molecule is CCOC1=C(C)CC=C(C)C=C1. The first-order chi connectivity index (χ1) is 5.74. The van der Waals surface area contributed by atoms with Crippen LogP contribution in [0, 0.1) is 0 Å². The molecule has 0 saturated heterocycles. The molecule has 0 saturated carbocycles. The van der Waals surface area contributed by atoms with E-state index in [1.807, 2.05) is 6.92 Å². The van der Waals surface area contributed by atoms with E-state index in [1.165, 1.54) is 11.1 Å². The third kappa shape index (κ3) is 2.26. The van der Waals surface area contributed by atoms with E-state index < -0.39 is 0 Å². The number of hydrogen-bond donors (Lipinski definition) is 0. The van der Waals surface area contributed by atoms with Gasteiger partial charge in [0.25, 0.3) is 0 Å². The zero-order chi connectivity index (χ0) is 8.97. The molecular formula is C11H16O. The van der Waals surface area contributed by atoms with Crippen LogP contribution in [0.3, 0.4) is 0 Å². The van der Waals surface area contributed by atoms with Gasteiger partial charge in [0.15, 0.2) is 0 Å². The average Bonchev–Trinajstić information content (AvgIpc) is 2.20. The van der Waals surface area contributed by atoms with E-state index >= 15 is 0 Å². The van der Waals surface area contributed by atoms with Gasteiger partial charge in [-0.05, 0) is 38.8 Å². The summed E-state index contributed by atoms with van der Waals surface area (Å²) in [7, 11) is 0. The van der Waals surface area contributed by atoms with Crippen molar-refractivity contribution in [2.24, 2.45) is 0 Å². The Kier molecular flexibility index (Phi) is 3.15. The van der Waals surface area contributed by atoms with Crippen LogP contribution in [0.5, 0.6) is 0 Å². The molecule has 0 aliphatic heterocycles. The lowest BCUT2D eigenvalue weighted by Crippen LogP contribution is -1.91. The Balaban J connectivity index is 2.78. The molecule has 0 spiro atoms. The summed E-state index contributed by atoms with van der Waals surface area (Å²) in [6, 6.07) is 0. The third-order valence-electron chi connectivity index (χ3n) is 1.95. The molecular weight excluding hydrogens is 148 g/mol. The Bertz CT molecular complexity index is 244. The van der Waals surface area contributed by atoms with Crippen LogP contribution in [0.2, 0.25) is 0 Å². The van der Waals surface area contributed by atoms with Gasteiger partial charge in [-0.15, -0.1) is 0 Å². The molecule has 0 aromatic heterocycles. The van der Waals surface area contributed by atoms with Crippen molar-refractivity contribution >= 4 is 0 Å². The fourth-order valence-corrected chi connectivity index (χ4v) is 1.16. The van der Waals surface area contributed by atoms with Gasteiger partial charge in [-0.3, -0.25) is 0 Å². The molecule has 0 heterocycles. The lowest BCUT2D eigenvalue weighted by Gasteiger charge is -2.05. The molecule has 1 heteroatoms. The van der Waals surface area contributed by atoms with Crippen molar-refractivity contribution in [1.29, 1.82) is 0 Å². The summed E-state index contributed by atoms with van der Waals surface area (Å²) < 4.78 is 5.48. The zero-order valence-corrected chi connectivity index (χ0v) is 8.05. The second-order valence-electron chi connectivity index (χ2n) is 3.06. The number of rotatable bonds is 2. The summed E-state index contributed by atoms with van der Waals surface area (Å²) in [6.45, 7) is 6.98. The number of hydrogen-bond acceptors (Lipinski definition) is 1. The molecule has 12 heavy (non-hydrogen) atoms. The summed E-state index contributed by atoms with van der Waals surface area (Å²) in [5.74, 6) is 1.03. The Morgan fingerprint density at radius 3 is 2.75 bits per heavy atom. The highest BCUT2D eigenvalue weighted by atomic mass is 16.5. The zero-order valence-electron chi connectivity index (χ0n) is 8.05. The van der Waals surface area contributed by atoms with Crippen LogP contribution < -0.4 is 0 Å². The highest BCUT2D eigenvalue weighted by molar-refractivity contribution is 5.31. The lowest BCUT2D eigenvalue weighted by atomic mass is 10.2. The van der Waals surface area contributed by atoms with E-state index in [0.29, 0.717) is 0 Å². The molecule has 0 N–H and O–H groups in total. The largest absolute Gasteiger partial charge is 0.494 e. The Hall–Kier alpha value is -0.980. The predicted molar refractivity (Wildman–Crippen MR) is 51.8 cm³/mol. The van der Waals surface area contributed by atoms with Crippen molar-refractivity contribution in [1.82, 2.24) is 0 Å². The van der Waals surface area contributed by atoms with E-state index in [2.05, 4.69) is 32.1 Å². The van der Waals surface area contributed by atoms with Gasteiger partial charge < -0.3 is 4.74 Å². The minimum Gasteiger partial charge on any atom is -0.494 e. The average molecular weight is 164 g/mol. The fraction of sp³-hybridized carbons (Fsp3) is 0.455. The summed E-state index contributed by atoms with van der Waals surface area (Å²) in [5.41, 5.74) is 2.62. The molecule has 1 aliphatic rings. The molecule has 1 nitrogen and oxygen atoms in total. The Labute approximate surface area is 74.4 Å². The van der Waals surface area contributed by atoms with Crippen molar-refractivity contribution in [2.75, 3.05) is 6.61 Å². The quantitative estimate of drug-likeness (QED) is 0.609. The minimum atomic E-state index is 0.746. The van der Waals surface area contributed by atoms with E-state index in [9.17, 15) is 0 Å². The van der Waals surface area contributed by atoms with Gasteiger partial charge in [-0.25, -0.2) is 0 Å². The molecule has 0 bridgehead atoms. The van der Waals surface area contributed by atoms with Gasteiger partial charge >= 0.3 is 0 Å². The van der Waals surface area contributed by atoms with Crippen LogP contribution in [0.4, 0.5) is 0 Å². The van der Waals surface area contributed by atoms with Crippen LogP contribution in [0.15, 0.2) is 35.1 Å². The second-order valence-corrected chi connectivity index (χ2v) is 3.06. The van der Waals surface area contributed by atoms with Gasteiger partial charge in [-0.2, -0.15) is 0 Å². The molecule has 0 amide bonds. The van der Waals surface area contributed by atoms with E-state index in [-0.39, 0.29) is 0 Å². The van der Waals surface area contributed by atoms with Gasteiger partial charge in [-0.1, -0.05) is 17.7 Å². The van der Waals surface area contributed by atoms with Crippen LogP contribution >= 0.6 is 0 Å². The minimum absolute atomic E-state index is 0.746. The van der Waals surface area contributed by atoms with E-state index in [1.54, 1.807) is 0 Å². The first kappa shape index (κ1) is 9.11. The Morgan fingerprint density at radius 1 is 1.33 bits per heavy atom. The molecule has 0 aromatic rings. The Morgan fingerprint density at radius 2 is 2.08 bits per heavy atom. The summed E-state index contributed by atoms with van der Waals surface area (Å²) in [6.07, 6.45) is 7.38. The molecule has 1 rings (SSSR count). The summed E-state index contributed by atoms with van der Waals surface area (Å²) in [5, 5.41) is 0. The van der Waals surface area contributed by atoms with Crippen LogP contribution in [0.1, 0.15) is 27.2 Å². The maximum atomic E-state index is 5.48. The highest BCUT2D eigenvalue weighted by Gasteiger charge is 2.01. The fourth-order valence-electron chi connectivity index (χ4n) is 1.16. The van der Waals surface area contributed by atoms with Gasteiger partial charge in [0, 0.05) is 0 Å². The first-order valence-electron chi connectivity index (χ1n) is 4.41. The second kappa shape index (κ2) is 4.15. The van der Waals surface area contributed by atoms with Crippen LogP contribution in [-0.4, -0.2) is 6.61 Å². The molecule has 0 radical (unpaired) electrons. The number of allylic oxidation sites excluding steroid dienone is 5. The maximum Gasteiger partial charge on any atom is 0.118 e. The topological polar surface area (TPSA) is 9.23 Å². The van der Waals surface area contributed by atoms with Gasteiger partial charge in [0.2, 0.25) is 0 Å². The molecule has 0 atom stereocenters. The molecule has 0 fully saturated rings. The molecule has 0 aromatic carbocycles. The van der Waals surface area contributed by atoms with Crippen molar-refractivity contribution in [3.05, 3.63) is 35.1 Å². The van der Waals surface area contributed by atoms with E-state index in [0.717, 1.165) is 18.8 Å². The van der Waals surface area contributed by atoms with Crippen molar-refractivity contribution in [3.8, 4) is 0 Å². The van der Waals surface area contributed by atoms with Crippen molar-refractivity contribution in [3.63, 3.8) is 0 Å². The predicted octanol–water partition coefficient (Wildman–Crippen LogP) is 3.20. The summed E-state index contributed by atoms with van der Waals surface area (Å²) in [4.78, 5) is 0. The lowest BCUT2D eigenvalue weighted by molar-refractivity contribution is 0.238. The number of ether oxygens (including phenoxy) is 1. The van der Waals surface area contributed by atoms with E-state index in [4.69, 9.17) is 4.74 Å². The maximum absolute atomic E-state index is 5.48. The van der Waals surface area contributed by atoms with Gasteiger partial charge in [0.05, 0.1) is 6.61 Å². The van der Waals surface area contributed by atoms with Gasteiger partial charge in [0.1, 0.15) is 5.76 Å². The smallest absolute Gasteiger partial charge is 0.118 e. The molecule has 0 unspecified atom stereocenters. The summed E-state index contributed by atoms with van der Waals surface area (Å²) >= 11 is 0. The van der Waals surface area contributed by atoms with Crippen molar-refractivity contribution in [2.45, 2.75) is 27.2 Å². The standard InChI is InChI=1S/C11H16O/c1-4-12-11-8-6-9(2)5-7-10(11)3/h5-6,8H,4,7H2,1-3H3. The van der Waals surface area contributed by atoms with Crippen molar-refractivity contribution < 1.29 is 4.74 Å².